The van der Waals surface area contributed by atoms with Crippen molar-refractivity contribution in [3.05, 3.63) is 23.4 Å². The number of carbonyl (C=O) groups is 2. The minimum absolute atomic E-state index is 0.0431. The van der Waals surface area contributed by atoms with Crippen LogP contribution in [0.2, 0.25) is 0 Å². The number of carbonyl (C=O) groups excluding carboxylic acids is 2. The summed E-state index contributed by atoms with van der Waals surface area (Å²) in [5.41, 5.74) is -0.636. The molecule has 8 heteroatoms. The van der Waals surface area contributed by atoms with Gasteiger partial charge in [-0.15, -0.1) is 0 Å². The number of amides is 2. The van der Waals surface area contributed by atoms with Crippen LogP contribution in [0.15, 0.2) is 12.1 Å². The van der Waals surface area contributed by atoms with Gasteiger partial charge in [0.2, 0.25) is 5.91 Å². The Morgan fingerprint density at radius 1 is 1.25 bits per heavy atom. The van der Waals surface area contributed by atoms with Crippen molar-refractivity contribution in [2.75, 3.05) is 5.32 Å². The fourth-order valence-corrected chi connectivity index (χ4v) is 3.68. The lowest BCUT2D eigenvalue weighted by Gasteiger charge is -2.30. The predicted octanol–water partition coefficient (Wildman–Crippen LogP) is 4.23. The molecule has 3 atom stereocenters. The summed E-state index contributed by atoms with van der Waals surface area (Å²) < 4.78 is 32.7. The molecular formula is C20H27F2N3O3. The van der Waals surface area contributed by atoms with E-state index in [0.717, 1.165) is 13.3 Å². The van der Waals surface area contributed by atoms with Crippen LogP contribution in [0.3, 0.4) is 0 Å². The van der Waals surface area contributed by atoms with Crippen LogP contribution in [0.1, 0.15) is 58.7 Å². The molecule has 1 N–H and O–H groups in total. The minimum atomic E-state index is -3.11. The van der Waals surface area contributed by atoms with Gasteiger partial charge in [-0.25, -0.2) is 9.78 Å². The summed E-state index contributed by atoms with van der Waals surface area (Å²) in [5.74, 6) is -3.47. The fourth-order valence-electron chi connectivity index (χ4n) is 3.68. The molecule has 2 aliphatic rings. The number of aryl methyl sites for hydroxylation is 1. The highest BCUT2D eigenvalue weighted by Gasteiger charge is 2.65. The maximum atomic E-state index is 13.6. The van der Waals surface area contributed by atoms with Crippen molar-refractivity contribution >= 4 is 17.8 Å². The van der Waals surface area contributed by atoms with Gasteiger partial charge in [0.25, 0.3) is 5.92 Å². The summed E-state index contributed by atoms with van der Waals surface area (Å²) in [4.78, 5) is 31.0. The zero-order valence-corrected chi connectivity index (χ0v) is 17.1. The van der Waals surface area contributed by atoms with Gasteiger partial charge in [0.05, 0.1) is 0 Å². The molecule has 0 unspecified atom stereocenters. The minimum Gasteiger partial charge on any atom is -0.444 e. The molecule has 28 heavy (non-hydrogen) atoms. The lowest BCUT2D eigenvalue weighted by molar-refractivity contribution is -0.121. The van der Waals surface area contributed by atoms with Crippen LogP contribution in [0.4, 0.5) is 19.4 Å². The van der Waals surface area contributed by atoms with Gasteiger partial charge in [-0.05, 0) is 57.6 Å². The van der Waals surface area contributed by atoms with Crippen LogP contribution < -0.4 is 5.32 Å². The van der Waals surface area contributed by atoms with Crippen LogP contribution in [-0.2, 0) is 15.5 Å². The number of alkyl halides is 2. The van der Waals surface area contributed by atoms with Crippen molar-refractivity contribution in [3.63, 3.8) is 0 Å². The van der Waals surface area contributed by atoms with E-state index >= 15 is 0 Å². The van der Waals surface area contributed by atoms with Gasteiger partial charge in [0, 0.05) is 13.0 Å². The zero-order valence-electron chi connectivity index (χ0n) is 17.1. The van der Waals surface area contributed by atoms with Crippen molar-refractivity contribution in [2.45, 2.75) is 78.0 Å². The van der Waals surface area contributed by atoms with Gasteiger partial charge < -0.3 is 10.1 Å². The quantitative estimate of drug-likeness (QED) is 0.831. The molecule has 1 aromatic heterocycles. The molecule has 0 bridgehead atoms. The Hall–Kier alpha value is -2.25. The Morgan fingerprint density at radius 3 is 2.46 bits per heavy atom. The number of likely N-dealkylation sites (tertiary alicyclic amines) is 1. The van der Waals surface area contributed by atoms with Crippen LogP contribution in [0.5, 0.6) is 0 Å². The average molecular weight is 395 g/mol. The first-order chi connectivity index (χ1) is 12.7. The Morgan fingerprint density at radius 2 is 1.89 bits per heavy atom. The Kier molecular flexibility index (Phi) is 4.67. The van der Waals surface area contributed by atoms with Crippen LogP contribution in [0.25, 0.3) is 0 Å². The first-order valence-electron chi connectivity index (χ1n) is 9.39. The van der Waals surface area contributed by atoms with Gasteiger partial charge in [-0.1, -0.05) is 13.0 Å². The lowest BCUT2D eigenvalue weighted by Crippen LogP contribution is -2.47. The number of nitrogens with zero attached hydrogens (tertiary/aromatic N) is 2. The van der Waals surface area contributed by atoms with E-state index < -0.39 is 35.3 Å². The number of halogens is 2. The van der Waals surface area contributed by atoms with E-state index in [4.69, 9.17) is 4.74 Å². The maximum absolute atomic E-state index is 13.6. The zero-order chi connectivity index (χ0) is 21.1. The number of nitrogens with one attached hydrogen (secondary N) is 1. The highest BCUT2D eigenvalue weighted by atomic mass is 19.3. The number of hydrogen-bond donors (Lipinski definition) is 1. The molecule has 2 amide bonds. The third kappa shape index (κ3) is 3.95. The molecule has 2 heterocycles. The largest absolute Gasteiger partial charge is 0.444 e. The number of pyridine rings is 1. The predicted molar refractivity (Wildman–Crippen MR) is 100 cm³/mol. The van der Waals surface area contributed by atoms with E-state index in [1.54, 1.807) is 27.7 Å². The van der Waals surface area contributed by atoms with E-state index in [-0.39, 0.29) is 17.3 Å². The SMILES string of the molecule is Cc1ccc(C(C)(F)F)nc1NC(=O)[C@@H]1C[C@@]2(C)C[C@H]2N1C(=O)OC(C)(C)C. The van der Waals surface area contributed by atoms with E-state index in [1.807, 2.05) is 6.92 Å². The molecule has 0 spiro atoms. The molecule has 1 saturated carbocycles. The molecule has 3 rings (SSSR count). The van der Waals surface area contributed by atoms with Gasteiger partial charge in [-0.3, -0.25) is 9.69 Å². The van der Waals surface area contributed by atoms with E-state index in [1.165, 1.54) is 17.0 Å². The first-order valence-corrected chi connectivity index (χ1v) is 9.39. The molecule has 2 fully saturated rings. The van der Waals surface area contributed by atoms with Crippen LogP contribution >= 0.6 is 0 Å². The fraction of sp³-hybridized carbons (Fsp3) is 0.650. The second-order valence-corrected chi connectivity index (χ2v) is 9.22. The molecule has 1 saturated heterocycles. The molecular weight excluding hydrogens is 368 g/mol. The third-order valence-electron chi connectivity index (χ3n) is 5.33. The summed E-state index contributed by atoms with van der Waals surface area (Å²) in [6, 6.07) is 1.97. The van der Waals surface area contributed by atoms with Crippen molar-refractivity contribution in [1.82, 2.24) is 9.88 Å². The van der Waals surface area contributed by atoms with Gasteiger partial charge in [-0.2, -0.15) is 8.78 Å². The van der Waals surface area contributed by atoms with E-state index in [0.29, 0.717) is 12.0 Å². The molecule has 1 aliphatic carbocycles. The van der Waals surface area contributed by atoms with Gasteiger partial charge >= 0.3 is 6.09 Å². The smallest absolute Gasteiger partial charge is 0.411 e. The van der Waals surface area contributed by atoms with Crippen molar-refractivity contribution in [2.24, 2.45) is 5.41 Å². The highest BCUT2D eigenvalue weighted by molar-refractivity contribution is 5.97. The number of anilines is 1. The van der Waals surface area contributed by atoms with Gasteiger partial charge in [0.1, 0.15) is 23.2 Å². The number of hydrogen-bond acceptors (Lipinski definition) is 4. The molecule has 1 aliphatic heterocycles. The van der Waals surface area contributed by atoms with Crippen LogP contribution in [0, 0.1) is 12.3 Å². The van der Waals surface area contributed by atoms with Crippen molar-refractivity contribution in [1.29, 1.82) is 0 Å². The molecule has 154 valence electrons. The molecule has 1 aromatic rings. The summed E-state index contributed by atoms with van der Waals surface area (Å²) in [5, 5.41) is 2.64. The summed E-state index contributed by atoms with van der Waals surface area (Å²) >= 11 is 0. The van der Waals surface area contributed by atoms with Crippen molar-refractivity contribution < 1.29 is 23.1 Å². The number of aromatic nitrogens is 1. The van der Waals surface area contributed by atoms with E-state index in [2.05, 4.69) is 10.3 Å². The molecule has 6 nitrogen and oxygen atoms in total. The first kappa shape index (κ1) is 20.5. The number of ether oxygens (including phenoxy) is 1. The standard InChI is InChI=1S/C20H27F2N3O3/c1-11-7-8-13(20(6,21)22)23-15(11)24-16(26)12-9-19(5)10-14(19)25(12)17(27)28-18(2,3)4/h7-8,12,14H,9-10H2,1-6H3,(H,23,24,26)/t12-,14+,19-/m0/s1. The summed E-state index contributed by atoms with van der Waals surface area (Å²) in [7, 11) is 0. The number of fused-ring (bicyclic) bond motifs is 1. The van der Waals surface area contributed by atoms with E-state index in [9.17, 15) is 18.4 Å². The topological polar surface area (TPSA) is 71.5 Å². The Balaban J connectivity index is 1.81. The second kappa shape index (κ2) is 6.39. The maximum Gasteiger partial charge on any atom is 0.411 e. The van der Waals surface area contributed by atoms with Crippen LogP contribution in [-0.4, -0.2) is 39.6 Å². The Labute approximate surface area is 163 Å². The summed E-state index contributed by atoms with van der Waals surface area (Å²) in [6.07, 6.45) is 0.799. The molecule has 0 aromatic carbocycles. The normalized spacial score (nSPS) is 26.6. The van der Waals surface area contributed by atoms with Gasteiger partial charge in [0.15, 0.2) is 0 Å². The Bertz CT molecular complexity index is 816. The third-order valence-corrected chi connectivity index (χ3v) is 5.33. The van der Waals surface area contributed by atoms with Crippen molar-refractivity contribution in [3.8, 4) is 0 Å². The average Bonchev–Trinajstić information content (AvgIpc) is 3.07. The number of piperidine rings is 1. The second-order valence-electron chi connectivity index (χ2n) is 9.22. The lowest BCUT2D eigenvalue weighted by atomic mass is 10.0. The highest BCUT2D eigenvalue weighted by Crippen LogP contribution is 2.59. The monoisotopic (exact) mass is 395 g/mol. The summed E-state index contributed by atoms with van der Waals surface area (Å²) in [6.45, 7) is 9.78. The molecule has 0 radical (unpaired) electrons. The number of rotatable bonds is 3.